The number of likely N-dealkylation sites (tertiary alicyclic amines) is 1. The highest BCUT2D eigenvalue weighted by Crippen LogP contribution is 2.17. The normalized spacial score (nSPS) is 22.0. The zero-order chi connectivity index (χ0) is 19.2. The van der Waals surface area contributed by atoms with Crippen molar-refractivity contribution in [2.24, 2.45) is 0 Å². The van der Waals surface area contributed by atoms with Crippen LogP contribution in [0.2, 0.25) is 0 Å². The Balaban J connectivity index is 1.38. The summed E-state index contributed by atoms with van der Waals surface area (Å²) in [7, 11) is 1.81. The molecule has 2 aliphatic heterocycles. The van der Waals surface area contributed by atoms with Gasteiger partial charge in [0.1, 0.15) is 5.76 Å². The van der Waals surface area contributed by atoms with Gasteiger partial charge in [0, 0.05) is 45.8 Å². The lowest BCUT2D eigenvalue weighted by atomic mass is 10.0. The first-order valence-electron chi connectivity index (χ1n) is 10.0. The smallest absolute Gasteiger partial charge is 0.236 e. The fraction of sp³-hybridized carbons (Fsp3) is 0.700. The number of hydrogen-bond donors (Lipinski definition) is 0. The summed E-state index contributed by atoms with van der Waals surface area (Å²) in [6, 6.07) is 4.08. The zero-order valence-electron chi connectivity index (χ0n) is 16.6. The summed E-state index contributed by atoms with van der Waals surface area (Å²) in [5, 5.41) is 0. The van der Waals surface area contributed by atoms with E-state index in [-0.39, 0.29) is 11.8 Å². The lowest BCUT2D eigenvalue weighted by Gasteiger charge is -2.38. The molecule has 0 radical (unpaired) electrons. The fourth-order valence-corrected chi connectivity index (χ4v) is 3.89. The summed E-state index contributed by atoms with van der Waals surface area (Å²) in [5.74, 6) is 1.14. The van der Waals surface area contributed by atoms with Crippen LogP contribution >= 0.6 is 0 Å². The number of carbonyl (C=O) groups is 2. The number of hydrogen-bond acceptors (Lipinski definition) is 5. The van der Waals surface area contributed by atoms with Crippen molar-refractivity contribution >= 4 is 11.8 Å². The van der Waals surface area contributed by atoms with Gasteiger partial charge in [0.15, 0.2) is 0 Å². The third kappa shape index (κ3) is 5.56. The molecule has 2 saturated heterocycles. The Morgan fingerprint density at radius 2 is 1.81 bits per heavy atom. The number of furan rings is 1. The van der Waals surface area contributed by atoms with Crippen LogP contribution in [0.5, 0.6) is 0 Å². The predicted molar refractivity (Wildman–Crippen MR) is 103 cm³/mol. The van der Waals surface area contributed by atoms with E-state index in [4.69, 9.17) is 4.42 Å². The number of likely N-dealkylation sites (N-methyl/N-ethyl adjacent to an activating group) is 1. The minimum atomic E-state index is 0.0954. The lowest BCUT2D eigenvalue weighted by molar-refractivity contribution is -0.137. The maximum atomic E-state index is 12.6. The predicted octanol–water partition coefficient (Wildman–Crippen LogP) is 1.26. The van der Waals surface area contributed by atoms with Crippen LogP contribution in [-0.2, 0) is 16.1 Å². The van der Waals surface area contributed by atoms with Gasteiger partial charge in [-0.1, -0.05) is 0 Å². The molecule has 27 heavy (non-hydrogen) atoms. The Labute approximate surface area is 161 Å². The molecule has 0 aromatic carbocycles. The van der Waals surface area contributed by atoms with Gasteiger partial charge in [-0.05, 0) is 38.3 Å². The molecule has 1 aromatic rings. The highest BCUT2D eigenvalue weighted by Gasteiger charge is 2.27. The summed E-state index contributed by atoms with van der Waals surface area (Å²) in [6.07, 6.45) is 5.09. The molecule has 3 heterocycles. The van der Waals surface area contributed by atoms with E-state index >= 15 is 0 Å². The molecule has 0 saturated carbocycles. The van der Waals surface area contributed by atoms with Crippen LogP contribution in [0, 0.1) is 0 Å². The van der Waals surface area contributed by atoms with Gasteiger partial charge >= 0.3 is 0 Å². The van der Waals surface area contributed by atoms with Crippen molar-refractivity contribution in [1.29, 1.82) is 0 Å². The van der Waals surface area contributed by atoms with Crippen molar-refractivity contribution < 1.29 is 14.0 Å². The van der Waals surface area contributed by atoms with Gasteiger partial charge in [0.25, 0.3) is 0 Å². The topological polar surface area (TPSA) is 60.2 Å². The van der Waals surface area contributed by atoms with Gasteiger partial charge in [-0.2, -0.15) is 0 Å². The quantitative estimate of drug-likeness (QED) is 0.748. The van der Waals surface area contributed by atoms with Crippen LogP contribution in [0.1, 0.15) is 31.9 Å². The molecule has 2 fully saturated rings. The maximum Gasteiger partial charge on any atom is 0.236 e. The molecule has 3 rings (SSSR count). The van der Waals surface area contributed by atoms with E-state index in [0.29, 0.717) is 25.7 Å². The number of amides is 2. The maximum absolute atomic E-state index is 12.6. The summed E-state index contributed by atoms with van der Waals surface area (Å²) in [6.45, 7) is 7.79. The summed E-state index contributed by atoms with van der Waals surface area (Å²) < 4.78 is 5.30. The van der Waals surface area contributed by atoms with Crippen LogP contribution in [-0.4, -0.2) is 90.3 Å². The second kappa shape index (κ2) is 9.37. The highest BCUT2D eigenvalue weighted by molar-refractivity contribution is 5.79. The molecule has 0 aliphatic carbocycles. The number of piperazine rings is 1. The van der Waals surface area contributed by atoms with Crippen molar-refractivity contribution in [3.05, 3.63) is 24.2 Å². The van der Waals surface area contributed by atoms with Gasteiger partial charge in [-0.15, -0.1) is 0 Å². The van der Waals surface area contributed by atoms with Crippen LogP contribution in [0.4, 0.5) is 0 Å². The number of piperidine rings is 1. The molecular formula is C20H32N4O3. The number of rotatable bonds is 6. The van der Waals surface area contributed by atoms with Crippen molar-refractivity contribution in [3.8, 4) is 0 Å². The van der Waals surface area contributed by atoms with Crippen LogP contribution < -0.4 is 0 Å². The largest absolute Gasteiger partial charge is 0.467 e. The van der Waals surface area contributed by atoms with Crippen LogP contribution in [0.25, 0.3) is 0 Å². The van der Waals surface area contributed by atoms with Gasteiger partial charge < -0.3 is 14.2 Å². The van der Waals surface area contributed by atoms with Crippen molar-refractivity contribution in [2.45, 2.75) is 38.8 Å². The molecule has 2 amide bonds. The molecule has 7 heteroatoms. The zero-order valence-corrected chi connectivity index (χ0v) is 16.6. The molecule has 1 atom stereocenters. The average Bonchev–Trinajstić information content (AvgIpc) is 3.16. The first-order chi connectivity index (χ1) is 13.0. The molecule has 7 nitrogen and oxygen atoms in total. The van der Waals surface area contributed by atoms with E-state index in [9.17, 15) is 9.59 Å². The SMILES string of the molecule is C[C@@H]1CCCCN1C(=O)CN1CCN(CC(=O)N(C)Cc2ccco2)CC1. The molecule has 1 aromatic heterocycles. The second-order valence-corrected chi connectivity index (χ2v) is 7.81. The first kappa shape index (κ1) is 19.9. The third-order valence-electron chi connectivity index (χ3n) is 5.70. The van der Waals surface area contributed by atoms with E-state index in [0.717, 1.165) is 51.3 Å². The standard InChI is InChI=1S/C20H32N4O3/c1-17-6-3-4-8-24(17)20(26)16-23-11-9-22(10-12-23)15-19(25)21(2)14-18-7-5-13-27-18/h5,7,13,17H,3-4,6,8-12,14-16H2,1-2H3/t17-/m1/s1. The van der Waals surface area contributed by atoms with Crippen molar-refractivity contribution in [3.63, 3.8) is 0 Å². The van der Waals surface area contributed by atoms with Gasteiger partial charge in [-0.25, -0.2) is 0 Å². The summed E-state index contributed by atoms with van der Waals surface area (Å²) >= 11 is 0. The summed E-state index contributed by atoms with van der Waals surface area (Å²) in [5.41, 5.74) is 0. The fourth-order valence-electron chi connectivity index (χ4n) is 3.89. The first-order valence-corrected chi connectivity index (χ1v) is 10.0. The van der Waals surface area contributed by atoms with Gasteiger partial charge in [0.2, 0.25) is 11.8 Å². The van der Waals surface area contributed by atoms with E-state index in [2.05, 4.69) is 16.7 Å². The molecule has 0 spiro atoms. The Morgan fingerprint density at radius 3 is 2.44 bits per heavy atom. The molecule has 0 bridgehead atoms. The van der Waals surface area contributed by atoms with E-state index in [1.165, 1.54) is 6.42 Å². The van der Waals surface area contributed by atoms with E-state index in [1.807, 2.05) is 17.0 Å². The third-order valence-corrected chi connectivity index (χ3v) is 5.70. The number of carbonyl (C=O) groups excluding carboxylic acids is 2. The Morgan fingerprint density at radius 1 is 1.11 bits per heavy atom. The van der Waals surface area contributed by atoms with Crippen LogP contribution in [0.15, 0.2) is 22.8 Å². The average molecular weight is 377 g/mol. The Hall–Kier alpha value is -1.86. The van der Waals surface area contributed by atoms with Gasteiger partial charge in [0.05, 0.1) is 25.9 Å². The molecule has 0 unspecified atom stereocenters. The number of nitrogens with zero attached hydrogens (tertiary/aromatic N) is 4. The Kier molecular flexibility index (Phi) is 6.90. The minimum Gasteiger partial charge on any atom is -0.467 e. The van der Waals surface area contributed by atoms with E-state index in [1.54, 1.807) is 18.2 Å². The van der Waals surface area contributed by atoms with Crippen molar-refractivity contribution in [1.82, 2.24) is 19.6 Å². The van der Waals surface area contributed by atoms with E-state index < -0.39 is 0 Å². The highest BCUT2D eigenvalue weighted by atomic mass is 16.3. The van der Waals surface area contributed by atoms with Gasteiger partial charge in [-0.3, -0.25) is 19.4 Å². The molecular weight excluding hydrogens is 344 g/mol. The Bertz CT molecular complexity index is 611. The molecule has 2 aliphatic rings. The summed E-state index contributed by atoms with van der Waals surface area (Å²) in [4.78, 5) is 33.1. The van der Waals surface area contributed by atoms with Crippen molar-refractivity contribution in [2.75, 3.05) is 52.9 Å². The molecule has 0 N–H and O–H groups in total. The monoisotopic (exact) mass is 376 g/mol. The molecule has 150 valence electrons. The second-order valence-electron chi connectivity index (χ2n) is 7.81. The minimum absolute atomic E-state index is 0.0954. The van der Waals surface area contributed by atoms with Crippen LogP contribution in [0.3, 0.4) is 0 Å². The lowest BCUT2D eigenvalue weighted by Crippen LogP contribution is -2.53.